The van der Waals surface area contributed by atoms with Crippen molar-refractivity contribution in [2.75, 3.05) is 39.3 Å². The molecule has 2 fully saturated rings. The molecular weight excluding hydrogens is 384 g/mol. The zero-order chi connectivity index (χ0) is 18.7. The van der Waals surface area contributed by atoms with Gasteiger partial charge in [0.15, 0.2) is 5.11 Å². The number of halogens is 2. The van der Waals surface area contributed by atoms with E-state index in [4.69, 9.17) is 17.0 Å². The molecule has 1 aromatic rings. The summed E-state index contributed by atoms with van der Waals surface area (Å²) in [5.74, 6) is -1.89. The van der Waals surface area contributed by atoms with Crippen molar-refractivity contribution in [3.63, 3.8) is 0 Å². The van der Waals surface area contributed by atoms with Crippen LogP contribution in [0.3, 0.4) is 0 Å². The monoisotopic (exact) mass is 405 g/mol. The van der Waals surface area contributed by atoms with E-state index in [-0.39, 0.29) is 19.2 Å². The summed E-state index contributed by atoms with van der Waals surface area (Å²) >= 11 is 5.36. The van der Waals surface area contributed by atoms with Crippen LogP contribution in [0.5, 0.6) is 0 Å². The van der Waals surface area contributed by atoms with Gasteiger partial charge in [0.1, 0.15) is 16.5 Å². The van der Waals surface area contributed by atoms with Crippen LogP contribution in [0.1, 0.15) is 12.8 Å². The first-order valence-electron chi connectivity index (χ1n) is 8.47. The highest BCUT2D eigenvalue weighted by molar-refractivity contribution is 7.89. The maximum Gasteiger partial charge on any atom is 0.246 e. The summed E-state index contributed by atoms with van der Waals surface area (Å²) < 4.78 is 58.8. The average molecular weight is 405 g/mol. The second-order valence-corrected chi connectivity index (χ2v) is 8.58. The lowest BCUT2D eigenvalue weighted by atomic mass is 10.2. The Hall–Kier alpha value is -1.36. The minimum atomic E-state index is -4.00. The van der Waals surface area contributed by atoms with Crippen molar-refractivity contribution < 1.29 is 21.9 Å². The van der Waals surface area contributed by atoms with E-state index in [9.17, 15) is 17.2 Å². The van der Waals surface area contributed by atoms with Crippen LogP contribution in [0.15, 0.2) is 23.1 Å². The molecule has 1 atom stereocenters. The molecule has 0 radical (unpaired) electrons. The van der Waals surface area contributed by atoms with Gasteiger partial charge in [-0.15, -0.1) is 0 Å². The standard InChI is InChI=1S/C16H21F2N3O3S2/c17-12-3-4-15(14(18)10-12)26(22,23)21-7-5-20(6-8-21)16(25)19-11-13-2-1-9-24-13/h3-4,10,13H,1-2,5-9,11H2,(H,19,25)/t13-/m1/s1. The molecule has 26 heavy (non-hydrogen) atoms. The zero-order valence-electron chi connectivity index (χ0n) is 14.2. The molecule has 2 aliphatic heterocycles. The van der Waals surface area contributed by atoms with Gasteiger partial charge in [0.25, 0.3) is 0 Å². The predicted molar refractivity (Wildman–Crippen MR) is 96.3 cm³/mol. The molecule has 0 bridgehead atoms. The second-order valence-electron chi connectivity index (χ2n) is 6.29. The minimum absolute atomic E-state index is 0.163. The number of hydrogen-bond donors (Lipinski definition) is 1. The second kappa shape index (κ2) is 8.12. The van der Waals surface area contributed by atoms with E-state index in [1.165, 1.54) is 4.31 Å². The Morgan fingerprint density at radius 3 is 2.62 bits per heavy atom. The molecule has 6 nitrogen and oxygen atoms in total. The number of thiocarbonyl (C=S) groups is 1. The Kier molecular flexibility index (Phi) is 6.06. The molecule has 3 rings (SSSR count). The van der Waals surface area contributed by atoms with Gasteiger partial charge < -0.3 is 15.0 Å². The SMILES string of the molecule is O=S(=O)(c1ccc(F)cc1F)N1CCN(C(=S)NC[C@H]2CCCO2)CC1. The fourth-order valence-corrected chi connectivity index (χ4v) is 4.81. The summed E-state index contributed by atoms with van der Waals surface area (Å²) in [5, 5.41) is 3.72. The zero-order valence-corrected chi connectivity index (χ0v) is 15.8. The molecule has 0 unspecified atom stereocenters. The maximum absolute atomic E-state index is 13.9. The Bertz CT molecular complexity index is 762. The summed E-state index contributed by atoms with van der Waals surface area (Å²) in [6, 6.07) is 2.48. The van der Waals surface area contributed by atoms with E-state index in [0.717, 1.165) is 31.6 Å². The number of sulfonamides is 1. The number of benzene rings is 1. The van der Waals surface area contributed by atoms with Gasteiger partial charge in [-0.25, -0.2) is 17.2 Å². The molecule has 2 saturated heterocycles. The Labute approximate surface area is 157 Å². The van der Waals surface area contributed by atoms with Crippen LogP contribution in [0.4, 0.5) is 8.78 Å². The molecule has 0 amide bonds. The molecule has 0 aromatic heterocycles. The minimum Gasteiger partial charge on any atom is -0.376 e. The van der Waals surface area contributed by atoms with Crippen LogP contribution in [-0.4, -0.2) is 68.2 Å². The molecule has 2 aliphatic rings. The quantitative estimate of drug-likeness (QED) is 0.763. The van der Waals surface area contributed by atoms with Crippen LogP contribution in [0.25, 0.3) is 0 Å². The highest BCUT2D eigenvalue weighted by Gasteiger charge is 2.31. The first-order chi connectivity index (χ1) is 12.4. The third kappa shape index (κ3) is 4.30. The van der Waals surface area contributed by atoms with Crippen LogP contribution >= 0.6 is 12.2 Å². The number of piperazine rings is 1. The maximum atomic E-state index is 13.9. The van der Waals surface area contributed by atoms with Crippen molar-refractivity contribution >= 4 is 27.4 Å². The lowest BCUT2D eigenvalue weighted by Gasteiger charge is -2.35. The van der Waals surface area contributed by atoms with Gasteiger partial charge in [-0.1, -0.05) is 0 Å². The molecule has 10 heteroatoms. The number of hydrogen-bond acceptors (Lipinski definition) is 4. The highest BCUT2D eigenvalue weighted by atomic mass is 32.2. The highest BCUT2D eigenvalue weighted by Crippen LogP contribution is 2.21. The third-order valence-electron chi connectivity index (χ3n) is 4.54. The molecule has 1 N–H and O–H groups in total. The van der Waals surface area contributed by atoms with Crippen LogP contribution < -0.4 is 5.32 Å². The largest absolute Gasteiger partial charge is 0.376 e. The van der Waals surface area contributed by atoms with E-state index in [1.54, 1.807) is 0 Å². The van der Waals surface area contributed by atoms with Gasteiger partial charge in [-0.05, 0) is 37.2 Å². The molecule has 0 saturated carbocycles. The number of rotatable bonds is 4. The van der Waals surface area contributed by atoms with Crippen LogP contribution in [-0.2, 0) is 14.8 Å². The Balaban J connectivity index is 1.56. The van der Waals surface area contributed by atoms with Gasteiger partial charge in [-0.2, -0.15) is 4.31 Å². The number of ether oxygens (including phenoxy) is 1. The normalized spacial score (nSPS) is 21.8. The van der Waals surface area contributed by atoms with Gasteiger partial charge in [-0.3, -0.25) is 0 Å². The Morgan fingerprint density at radius 1 is 1.27 bits per heavy atom. The van der Waals surface area contributed by atoms with Gasteiger partial charge in [0, 0.05) is 45.4 Å². The van der Waals surface area contributed by atoms with Crippen molar-refractivity contribution in [1.82, 2.24) is 14.5 Å². The van der Waals surface area contributed by atoms with E-state index in [1.807, 2.05) is 4.90 Å². The van der Waals surface area contributed by atoms with Crippen molar-refractivity contribution in [3.8, 4) is 0 Å². The number of nitrogens with one attached hydrogen (secondary N) is 1. The first kappa shape index (κ1) is 19.4. The van der Waals surface area contributed by atoms with E-state index in [2.05, 4.69) is 5.32 Å². The van der Waals surface area contributed by atoms with Crippen molar-refractivity contribution in [2.45, 2.75) is 23.8 Å². The molecule has 144 valence electrons. The number of nitrogens with zero attached hydrogens (tertiary/aromatic N) is 2. The first-order valence-corrected chi connectivity index (χ1v) is 10.3. The van der Waals surface area contributed by atoms with Crippen molar-refractivity contribution in [1.29, 1.82) is 0 Å². The molecule has 1 aromatic carbocycles. The fourth-order valence-electron chi connectivity index (χ4n) is 3.07. The molecular formula is C16H21F2N3O3S2. The van der Waals surface area contributed by atoms with Crippen LogP contribution in [0, 0.1) is 11.6 Å². The lowest BCUT2D eigenvalue weighted by molar-refractivity contribution is 0.113. The Morgan fingerprint density at radius 2 is 2.00 bits per heavy atom. The van der Waals surface area contributed by atoms with Gasteiger partial charge >= 0.3 is 0 Å². The fraction of sp³-hybridized carbons (Fsp3) is 0.562. The smallest absolute Gasteiger partial charge is 0.246 e. The van der Waals surface area contributed by atoms with E-state index in [0.29, 0.717) is 30.8 Å². The summed E-state index contributed by atoms with van der Waals surface area (Å²) in [4.78, 5) is 1.38. The lowest BCUT2D eigenvalue weighted by Crippen LogP contribution is -2.53. The third-order valence-corrected chi connectivity index (χ3v) is 6.88. The molecule has 0 aliphatic carbocycles. The van der Waals surface area contributed by atoms with E-state index < -0.39 is 26.6 Å². The van der Waals surface area contributed by atoms with Gasteiger partial charge in [0.05, 0.1) is 6.10 Å². The topological polar surface area (TPSA) is 61.9 Å². The summed E-state index contributed by atoms with van der Waals surface area (Å²) in [5.41, 5.74) is 0. The molecule has 0 spiro atoms. The average Bonchev–Trinajstić information content (AvgIpc) is 3.13. The van der Waals surface area contributed by atoms with Crippen molar-refractivity contribution in [3.05, 3.63) is 29.8 Å². The predicted octanol–water partition coefficient (Wildman–Crippen LogP) is 1.32. The van der Waals surface area contributed by atoms with Crippen LogP contribution in [0.2, 0.25) is 0 Å². The summed E-state index contributed by atoms with van der Waals surface area (Å²) in [6.07, 6.45) is 2.22. The molecule has 2 heterocycles. The van der Waals surface area contributed by atoms with Gasteiger partial charge in [0.2, 0.25) is 10.0 Å². The summed E-state index contributed by atoms with van der Waals surface area (Å²) in [6.45, 7) is 2.58. The summed E-state index contributed by atoms with van der Waals surface area (Å²) in [7, 11) is -4.00. The van der Waals surface area contributed by atoms with Crippen molar-refractivity contribution in [2.24, 2.45) is 0 Å². The van der Waals surface area contributed by atoms with E-state index >= 15 is 0 Å².